The van der Waals surface area contributed by atoms with Crippen molar-refractivity contribution in [2.24, 2.45) is 5.73 Å². The van der Waals surface area contributed by atoms with Gasteiger partial charge in [-0.2, -0.15) is 0 Å². The van der Waals surface area contributed by atoms with Crippen LogP contribution >= 0.6 is 23.2 Å². The Morgan fingerprint density at radius 2 is 1.26 bits per heavy atom. The maximum Gasteiger partial charge on any atom is 0.275 e. The normalized spacial score (nSPS) is 10.2. The Kier molecular flexibility index (Phi) is 14.5. The number of nitrogens with one attached hydrogen (secondary N) is 4. The number of benzene rings is 2. The summed E-state index contributed by atoms with van der Waals surface area (Å²) in [6, 6.07) is 20.0. The fourth-order valence-electron chi connectivity index (χ4n) is 4.96. The van der Waals surface area contributed by atoms with Crippen molar-refractivity contribution in [3.8, 4) is 11.5 Å². The third-order valence-corrected chi connectivity index (χ3v) is 8.30. The molecule has 2 amide bonds. The van der Waals surface area contributed by atoms with Crippen LogP contribution in [0.2, 0.25) is 10.0 Å². The highest BCUT2D eigenvalue weighted by atomic mass is 35.5. The number of pyridine rings is 2. The van der Waals surface area contributed by atoms with Crippen LogP contribution in [-0.4, -0.2) is 55.5 Å². The number of halogens is 2. The number of carbonyl (C=O) groups is 2. The lowest BCUT2D eigenvalue weighted by molar-refractivity contribution is 0.0939. The second-order valence-electron chi connectivity index (χ2n) is 11.5. The third kappa shape index (κ3) is 11.2. The van der Waals surface area contributed by atoms with Crippen molar-refractivity contribution < 1.29 is 19.1 Å². The Morgan fingerprint density at radius 3 is 1.77 bits per heavy atom. The topological polar surface area (TPSA) is 273 Å². The lowest BCUT2D eigenvalue weighted by atomic mass is 10.2. The molecular weight excluding hydrogens is 779 g/mol. The second-order valence-corrected chi connectivity index (χ2v) is 12.3. The van der Waals surface area contributed by atoms with E-state index in [1.165, 1.54) is 41.5 Å². The standard InChI is InChI=1S/C26H25ClN6O4.C10H9ClN6O2.CH4/c1-36-18-7-3-16(4-8-18)13-29-25(34)24-20(27)11-21(32-23-12-22(28)30-15-31-23)26(35)33(24)14-17-5-9-19(37-2)10-6-17;11-4-1-5(10(19)17-8(4)9(13)18)16-7-2-6(12)14-3-15-7;/h3-12,15H,13-14H2,1-2H3,(H,29,34)(H3,28,30,31,32);1-3H,(H2,13,18)(H,17,19)(H3,12,14,15,16);1H4. The second kappa shape index (κ2) is 19.4. The Bertz CT molecular complexity index is 2480. The molecule has 6 aromatic rings. The number of hydrogen-bond donors (Lipinski definition) is 7. The van der Waals surface area contributed by atoms with Crippen LogP contribution in [0.3, 0.4) is 0 Å². The molecular formula is C37H38Cl2N12O6. The number of hydrogen-bond acceptors (Lipinski definition) is 14. The lowest BCUT2D eigenvalue weighted by Crippen LogP contribution is -2.33. The molecule has 20 heteroatoms. The first-order valence-electron chi connectivity index (χ1n) is 16.2. The van der Waals surface area contributed by atoms with Crippen LogP contribution < -0.4 is 53.7 Å². The summed E-state index contributed by atoms with van der Waals surface area (Å²) < 4.78 is 11.7. The molecule has 18 nitrogen and oxygen atoms in total. The van der Waals surface area contributed by atoms with Gasteiger partial charge in [0.15, 0.2) is 0 Å². The summed E-state index contributed by atoms with van der Waals surface area (Å²) in [6.07, 6.45) is 2.52. The molecule has 0 radical (unpaired) electrons. The minimum absolute atomic E-state index is 0. The zero-order chi connectivity index (χ0) is 40.4. The zero-order valence-electron chi connectivity index (χ0n) is 29.7. The number of rotatable bonds is 12. The van der Waals surface area contributed by atoms with E-state index < -0.39 is 22.9 Å². The molecule has 296 valence electrons. The van der Waals surface area contributed by atoms with E-state index in [1.807, 2.05) is 24.3 Å². The molecule has 2 aromatic carbocycles. The van der Waals surface area contributed by atoms with E-state index in [1.54, 1.807) is 38.5 Å². The number of methoxy groups -OCH3 is 2. The number of aromatic nitrogens is 6. The van der Waals surface area contributed by atoms with Gasteiger partial charge in [0.1, 0.15) is 70.2 Å². The molecule has 0 aliphatic carbocycles. The van der Waals surface area contributed by atoms with E-state index >= 15 is 0 Å². The van der Waals surface area contributed by atoms with Crippen LogP contribution in [0.15, 0.2) is 95.0 Å². The average Bonchev–Trinajstić information content (AvgIpc) is 3.18. The first kappa shape index (κ1) is 42.6. The predicted octanol–water partition coefficient (Wildman–Crippen LogP) is 4.49. The summed E-state index contributed by atoms with van der Waals surface area (Å²) in [7, 11) is 3.15. The monoisotopic (exact) mass is 816 g/mol. The fraction of sp³-hybridized carbons (Fsp3) is 0.135. The SMILES string of the molecule is C.COc1ccc(CNC(=O)c2c(Cl)cc(Nc3cc(N)ncn3)c(=O)n2Cc2ccc(OC)cc2)cc1.NC(=O)c1[nH]c(=O)c(Nc2cc(N)ncn2)cc1Cl. The van der Waals surface area contributed by atoms with Crippen molar-refractivity contribution in [2.45, 2.75) is 20.5 Å². The first-order chi connectivity index (χ1) is 26.8. The predicted molar refractivity (Wildman–Crippen MR) is 219 cm³/mol. The van der Waals surface area contributed by atoms with Crippen LogP contribution in [0.4, 0.5) is 34.6 Å². The molecule has 0 spiro atoms. The largest absolute Gasteiger partial charge is 0.497 e. The lowest BCUT2D eigenvalue weighted by Gasteiger charge is -2.17. The van der Waals surface area contributed by atoms with Crippen molar-refractivity contribution in [1.29, 1.82) is 0 Å². The number of H-pyrrole nitrogens is 1. The molecule has 0 aliphatic rings. The summed E-state index contributed by atoms with van der Waals surface area (Å²) in [6.45, 7) is 0.325. The average molecular weight is 818 g/mol. The van der Waals surface area contributed by atoms with Crippen molar-refractivity contribution in [1.82, 2.24) is 34.8 Å². The van der Waals surface area contributed by atoms with E-state index in [4.69, 9.17) is 49.9 Å². The summed E-state index contributed by atoms with van der Waals surface area (Å²) in [5, 5.41) is 8.58. The maximum absolute atomic E-state index is 13.6. The quantitative estimate of drug-likeness (QED) is 0.0897. The van der Waals surface area contributed by atoms with Gasteiger partial charge in [-0.3, -0.25) is 23.7 Å². The molecule has 0 saturated heterocycles. The molecule has 10 N–H and O–H groups in total. The molecule has 0 bridgehead atoms. The smallest absolute Gasteiger partial charge is 0.275 e. The van der Waals surface area contributed by atoms with Crippen LogP contribution in [0, 0.1) is 0 Å². The molecule has 0 saturated carbocycles. The number of aromatic amines is 1. The van der Waals surface area contributed by atoms with Crippen molar-refractivity contribution >= 4 is 69.7 Å². The Morgan fingerprint density at radius 1 is 0.754 bits per heavy atom. The van der Waals surface area contributed by atoms with Crippen molar-refractivity contribution in [3.63, 3.8) is 0 Å². The van der Waals surface area contributed by atoms with E-state index in [2.05, 4.69) is 40.9 Å². The number of anilines is 6. The highest BCUT2D eigenvalue weighted by molar-refractivity contribution is 6.34. The van der Waals surface area contributed by atoms with E-state index in [-0.39, 0.29) is 65.0 Å². The highest BCUT2D eigenvalue weighted by Crippen LogP contribution is 2.23. The van der Waals surface area contributed by atoms with Crippen LogP contribution in [0.5, 0.6) is 11.5 Å². The van der Waals surface area contributed by atoms with E-state index in [0.717, 1.165) is 11.1 Å². The molecule has 4 aromatic heterocycles. The van der Waals surface area contributed by atoms with Gasteiger partial charge in [-0.05, 0) is 47.5 Å². The van der Waals surface area contributed by atoms with Gasteiger partial charge in [-0.25, -0.2) is 19.9 Å². The van der Waals surface area contributed by atoms with Gasteiger partial charge in [0, 0.05) is 18.7 Å². The number of ether oxygens (including phenoxy) is 2. The van der Waals surface area contributed by atoms with Gasteiger partial charge >= 0.3 is 0 Å². The molecule has 4 heterocycles. The zero-order valence-corrected chi connectivity index (χ0v) is 31.2. The Labute approximate surface area is 335 Å². The summed E-state index contributed by atoms with van der Waals surface area (Å²) in [5.74, 6) is 1.17. The van der Waals surface area contributed by atoms with Gasteiger partial charge in [0.2, 0.25) is 0 Å². The molecule has 57 heavy (non-hydrogen) atoms. The molecule has 0 atom stereocenters. The van der Waals surface area contributed by atoms with E-state index in [9.17, 15) is 19.2 Å². The van der Waals surface area contributed by atoms with Gasteiger partial charge in [0.25, 0.3) is 22.9 Å². The van der Waals surface area contributed by atoms with Crippen LogP contribution in [0.25, 0.3) is 0 Å². The summed E-state index contributed by atoms with van der Waals surface area (Å²) >= 11 is 12.4. The van der Waals surface area contributed by atoms with Crippen molar-refractivity contribution in [2.75, 3.05) is 36.3 Å². The minimum Gasteiger partial charge on any atom is -0.497 e. The molecule has 0 fully saturated rings. The fourth-order valence-corrected chi connectivity index (χ4v) is 5.51. The van der Waals surface area contributed by atoms with Gasteiger partial charge in [-0.15, -0.1) is 0 Å². The van der Waals surface area contributed by atoms with Gasteiger partial charge in [-0.1, -0.05) is 54.9 Å². The summed E-state index contributed by atoms with van der Waals surface area (Å²) in [4.78, 5) is 67.4. The minimum atomic E-state index is -0.820. The van der Waals surface area contributed by atoms with Crippen LogP contribution in [0.1, 0.15) is 39.5 Å². The molecule has 6 rings (SSSR count). The third-order valence-electron chi connectivity index (χ3n) is 7.71. The van der Waals surface area contributed by atoms with Gasteiger partial charge < -0.3 is 47.6 Å². The summed E-state index contributed by atoms with van der Waals surface area (Å²) in [5.41, 5.74) is 17.0. The Hall–Kier alpha value is -7.18. The number of nitrogen functional groups attached to an aromatic ring is 2. The number of nitrogens with zero attached hydrogens (tertiary/aromatic N) is 5. The number of primary amides is 1. The Balaban J connectivity index is 0.000000303. The highest BCUT2D eigenvalue weighted by Gasteiger charge is 2.21. The van der Waals surface area contributed by atoms with Gasteiger partial charge in [0.05, 0.1) is 30.8 Å². The van der Waals surface area contributed by atoms with Crippen LogP contribution in [-0.2, 0) is 13.1 Å². The molecule has 0 aliphatic heterocycles. The molecule has 0 unspecified atom stereocenters. The maximum atomic E-state index is 13.6. The number of carbonyl (C=O) groups excluding carboxylic acids is 2. The number of amides is 2. The first-order valence-corrected chi connectivity index (χ1v) is 17.0. The van der Waals surface area contributed by atoms with E-state index in [0.29, 0.717) is 23.1 Å². The van der Waals surface area contributed by atoms with Crippen molar-refractivity contribution in [3.05, 3.63) is 139 Å². The number of nitrogens with two attached hydrogens (primary N) is 3.